The van der Waals surface area contributed by atoms with Gasteiger partial charge in [0.15, 0.2) is 0 Å². The second-order valence-corrected chi connectivity index (χ2v) is 7.59. The zero-order chi connectivity index (χ0) is 14.0. The van der Waals surface area contributed by atoms with E-state index in [2.05, 4.69) is 37.7 Å². The van der Waals surface area contributed by atoms with Crippen molar-refractivity contribution in [1.29, 1.82) is 0 Å². The molecular weight excluding hydrogens is 254 g/mol. The Labute approximate surface area is 121 Å². The molecule has 0 bridgehead atoms. The van der Waals surface area contributed by atoms with E-state index in [-0.39, 0.29) is 11.5 Å². The van der Waals surface area contributed by atoms with Crippen LogP contribution >= 0.6 is 11.8 Å². The van der Waals surface area contributed by atoms with Gasteiger partial charge in [-0.25, -0.2) is 0 Å². The Hall–Kier alpha value is -0.410. The summed E-state index contributed by atoms with van der Waals surface area (Å²) in [5.74, 6) is 1.25. The van der Waals surface area contributed by atoms with Crippen LogP contribution < -0.4 is 0 Å². The molecule has 1 N–H and O–H groups in total. The van der Waals surface area contributed by atoms with Crippen LogP contribution in [0.5, 0.6) is 0 Å². The molecule has 2 rings (SSSR count). The molecule has 19 heavy (non-hydrogen) atoms. The third-order valence-electron chi connectivity index (χ3n) is 4.18. The first kappa shape index (κ1) is 15.0. The van der Waals surface area contributed by atoms with Crippen molar-refractivity contribution in [2.24, 2.45) is 5.41 Å². The Morgan fingerprint density at radius 3 is 2.84 bits per heavy atom. The Morgan fingerprint density at radius 1 is 1.42 bits per heavy atom. The second kappa shape index (κ2) is 5.92. The van der Waals surface area contributed by atoms with Crippen LogP contribution in [0.1, 0.15) is 56.2 Å². The van der Waals surface area contributed by atoms with Crippen LogP contribution in [0.2, 0.25) is 0 Å². The number of unbranched alkanes of at least 4 members (excludes halogenated alkanes) is 1. The third-order valence-corrected chi connectivity index (χ3v) is 4.88. The summed E-state index contributed by atoms with van der Waals surface area (Å²) < 4.78 is 2.44. The van der Waals surface area contributed by atoms with Crippen LogP contribution in [0.25, 0.3) is 0 Å². The lowest BCUT2D eigenvalue weighted by molar-refractivity contribution is 0.0979. The fraction of sp³-hybridized carbons (Fsp3) is 0.750. The van der Waals surface area contributed by atoms with Crippen LogP contribution in [0.15, 0.2) is 6.07 Å². The van der Waals surface area contributed by atoms with E-state index in [4.69, 9.17) is 0 Å². The van der Waals surface area contributed by atoms with Gasteiger partial charge in [-0.1, -0.05) is 13.8 Å². The molecule has 0 aromatic carbocycles. The van der Waals surface area contributed by atoms with Gasteiger partial charge in [-0.05, 0) is 56.1 Å². The third kappa shape index (κ3) is 3.38. The summed E-state index contributed by atoms with van der Waals surface area (Å²) in [5, 5.41) is 10.3. The fourth-order valence-corrected chi connectivity index (χ4v) is 3.72. The minimum atomic E-state index is -0.273. The SMILES string of the molecule is CSCCCCn1c(C)cc2c1CC(C)(C)CC2O. The van der Waals surface area contributed by atoms with Crippen LogP contribution in [0.3, 0.4) is 0 Å². The van der Waals surface area contributed by atoms with Gasteiger partial charge < -0.3 is 9.67 Å². The Kier molecular flexibility index (Phi) is 4.67. The van der Waals surface area contributed by atoms with Crippen molar-refractivity contribution in [3.05, 3.63) is 23.0 Å². The lowest BCUT2D eigenvalue weighted by atomic mass is 9.75. The lowest BCUT2D eigenvalue weighted by Gasteiger charge is -2.34. The minimum absolute atomic E-state index is 0.216. The van der Waals surface area contributed by atoms with Gasteiger partial charge >= 0.3 is 0 Å². The number of fused-ring (bicyclic) bond motifs is 1. The van der Waals surface area contributed by atoms with Crippen LogP contribution in [0, 0.1) is 12.3 Å². The van der Waals surface area contributed by atoms with E-state index in [1.165, 1.54) is 35.5 Å². The summed E-state index contributed by atoms with van der Waals surface area (Å²) in [6.45, 7) is 7.80. The maximum absolute atomic E-state index is 10.3. The van der Waals surface area contributed by atoms with Crippen molar-refractivity contribution in [2.75, 3.05) is 12.0 Å². The molecule has 1 atom stereocenters. The summed E-state index contributed by atoms with van der Waals surface area (Å²) in [6, 6.07) is 2.20. The van der Waals surface area contributed by atoms with E-state index in [1.807, 2.05) is 11.8 Å². The molecule has 0 fully saturated rings. The van der Waals surface area contributed by atoms with Gasteiger partial charge in [0, 0.05) is 23.5 Å². The second-order valence-electron chi connectivity index (χ2n) is 6.60. The number of rotatable bonds is 5. The number of hydrogen-bond acceptors (Lipinski definition) is 2. The standard InChI is InChI=1S/C16H27NOS/c1-12-9-13-14(10-16(2,3)11-15(13)18)17(12)7-5-6-8-19-4/h9,15,18H,5-8,10-11H2,1-4H3. The Morgan fingerprint density at radius 2 is 2.16 bits per heavy atom. The molecule has 2 nitrogen and oxygen atoms in total. The average Bonchev–Trinajstić information content (AvgIpc) is 2.61. The molecule has 1 aromatic rings. The number of hydrogen-bond donors (Lipinski definition) is 1. The van der Waals surface area contributed by atoms with Crippen molar-refractivity contribution in [1.82, 2.24) is 4.57 Å². The van der Waals surface area contributed by atoms with E-state index < -0.39 is 0 Å². The van der Waals surface area contributed by atoms with E-state index in [1.54, 1.807) is 0 Å². The number of aromatic nitrogens is 1. The molecule has 0 radical (unpaired) electrons. The summed E-state index contributed by atoms with van der Waals surface area (Å²) in [5.41, 5.74) is 4.09. The highest BCUT2D eigenvalue weighted by Crippen LogP contribution is 2.41. The van der Waals surface area contributed by atoms with Gasteiger partial charge in [0.1, 0.15) is 0 Å². The molecule has 1 aliphatic rings. The van der Waals surface area contributed by atoms with Gasteiger partial charge in [0.2, 0.25) is 0 Å². The molecule has 0 saturated heterocycles. The number of aliphatic hydroxyl groups is 1. The largest absolute Gasteiger partial charge is 0.388 e. The zero-order valence-corrected chi connectivity index (χ0v) is 13.5. The first-order valence-electron chi connectivity index (χ1n) is 7.30. The molecule has 0 aliphatic heterocycles. The summed E-state index contributed by atoms with van der Waals surface area (Å²) in [7, 11) is 0. The van der Waals surface area contributed by atoms with Gasteiger partial charge in [-0.2, -0.15) is 11.8 Å². The Balaban J connectivity index is 2.16. The van der Waals surface area contributed by atoms with Gasteiger partial charge in [-0.3, -0.25) is 0 Å². The molecule has 1 aliphatic carbocycles. The van der Waals surface area contributed by atoms with Crippen molar-refractivity contribution < 1.29 is 5.11 Å². The zero-order valence-electron chi connectivity index (χ0n) is 12.7. The molecule has 0 amide bonds. The van der Waals surface area contributed by atoms with Crippen LogP contribution in [-0.2, 0) is 13.0 Å². The normalized spacial score (nSPS) is 21.4. The molecule has 108 valence electrons. The monoisotopic (exact) mass is 281 g/mol. The van der Waals surface area contributed by atoms with E-state index in [0.29, 0.717) is 0 Å². The quantitative estimate of drug-likeness (QED) is 0.827. The topological polar surface area (TPSA) is 25.2 Å². The predicted octanol–water partition coefficient (Wildman–Crippen LogP) is 3.95. The van der Waals surface area contributed by atoms with E-state index in [0.717, 1.165) is 19.4 Å². The number of aliphatic hydroxyl groups excluding tert-OH is 1. The van der Waals surface area contributed by atoms with Crippen LogP contribution in [0.4, 0.5) is 0 Å². The highest BCUT2D eigenvalue weighted by atomic mass is 32.2. The molecule has 0 saturated carbocycles. The number of nitrogens with zero attached hydrogens (tertiary/aromatic N) is 1. The molecule has 1 heterocycles. The lowest BCUT2D eigenvalue weighted by Crippen LogP contribution is -2.27. The summed E-state index contributed by atoms with van der Waals surface area (Å²) in [4.78, 5) is 0. The number of thioether (sulfide) groups is 1. The smallest absolute Gasteiger partial charge is 0.0812 e. The fourth-order valence-electron chi connectivity index (χ4n) is 3.23. The maximum Gasteiger partial charge on any atom is 0.0812 e. The minimum Gasteiger partial charge on any atom is -0.388 e. The average molecular weight is 281 g/mol. The molecule has 1 unspecified atom stereocenters. The van der Waals surface area contributed by atoms with E-state index in [9.17, 15) is 5.11 Å². The summed E-state index contributed by atoms with van der Waals surface area (Å²) >= 11 is 1.92. The van der Waals surface area contributed by atoms with Crippen molar-refractivity contribution >= 4 is 11.8 Å². The Bertz CT molecular complexity index is 436. The number of aryl methyl sites for hydroxylation is 1. The predicted molar refractivity (Wildman–Crippen MR) is 83.8 cm³/mol. The van der Waals surface area contributed by atoms with Gasteiger partial charge in [0.25, 0.3) is 0 Å². The molecule has 3 heteroatoms. The first-order chi connectivity index (χ1) is 8.94. The van der Waals surface area contributed by atoms with Crippen LogP contribution in [-0.4, -0.2) is 21.7 Å². The van der Waals surface area contributed by atoms with Crippen molar-refractivity contribution in [2.45, 2.75) is 59.1 Å². The van der Waals surface area contributed by atoms with Gasteiger partial charge in [0.05, 0.1) is 6.10 Å². The first-order valence-corrected chi connectivity index (χ1v) is 8.70. The van der Waals surface area contributed by atoms with E-state index >= 15 is 0 Å². The molecular formula is C16H27NOS. The molecule has 1 aromatic heterocycles. The van der Waals surface area contributed by atoms with Crippen molar-refractivity contribution in [3.8, 4) is 0 Å². The highest BCUT2D eigenvalue weighted by molar-refractivity contribution is 7.98. The van der Waals surface area contributed by atoms with Gasteiger partial charge in [-0.15, -0.1) is 0 Å². The maximum atomic E-state index is 10.3. The molecule has 0 spiro atoms. The van der Waals surface area contributed by atoms with Crippen molar-refractivity contribution in [3.63, 3.8) is 0 Å². The highest BCUT2D eigenvalue weighted by Gasteiger charge is 2.33. The summed E-state index contributed by atoms with van der Waals surface area (Å²) in [6.07, 6.45) is 6.39.